The molecule has 7 heteroatoms. The Balaban J connectivity index is 1.78. The number of fused-ring (bicyclic) bond motifs is 1. The van der Waals surface area contributed by atoms with Crippen LogP contribution in [0, 0.1) is 0 Å². The summed E-state index contributed by atoms with van der Waals surface area (Å²) >= 11 is 12.4. The van der Waals surface area contributed by atoms with Crippen molar-refractivity contribution in [3.63, 3.8) is 0 Å². The number of hydrogen-bond acceptors (Lipinski definition) is 3. The lowest BCUT2D eigenvalue weighted by Crippen LogP contribution is -2.18. The summed E-state index contributed by atoms with van der Waals surface area (Å²) in [6.45, 7) is 0.786. The van der Waals surface area contributed by atoms with Crippen LogP contribution in [0.25, 0.3) is 22.0 Å². The average Bonchev–Trinajstić information content (AvgIpc) is 3.20. The Bertz CT molecular complexity index is 864. The number of nitrogens with two attached hydrogens (primary N) is 1. The summed E-state index contributed by atoms with van der Waals surface area (Å²) in [7, 11) is 0. The number of halogens is 2. The lowest BCUT2D eigenvalue weighted by molar-refractivity contribution is -0.0394. The normalized spacial score (nSPS) is 18.6. The number of nitrogens with zero attached hydrogens (tertiary/aromatic N) is 2. The Hall–Kier alpha value is -1.69. The largest absolute Gasteiger partial charge is 0.398 e. The number of aromatic amines is 1. The van der Waals surface area contributed by atoms with Gasteiger partial charge in [0.05, 0.1) is 21.8 Å². The Morgan fingerprint density at radius 3 is 3.00 bits per heavy atom. The van der Waals surface area contributed by atoms with E-state index in [0.717, 1.165) is 47.9 Å². The van der Waals surface area contributed by atoms with E-state index in [1.807, 2.05) is 23.3 Å². The van der Waals surface area contributed by atoms with Gasteiger partial charge in [-0.25, -0.2) is 4.68 Å². The second-order valence-electron chi connectivity index (χ2n) is 5.74. The van der Waals surface area contributed by atoms with Crippen molar-refractivity contribution >= 4 is 39.8 Å². The van der Waals surface area contributed by atoms with E-state index in [0.29, 0.717) is 15.7 Å². The Labute approximate surface area is 143 Å². The zero-order chi connectivity index (χ0) is 16.0. The van der Waals surface area contributed by atoms with Gasteiger partial charge < -0.3 is 15.5 Å². The molecule has 1 atom stereocenters. The van der Waals surface area contributed by atoms with Crippen molar-refractivity contribution in [3.8, 4) is 11.1 Å². The molecular formula is C16H16Cl2N4O. The fourth-order valence-corrected chi connectivity index (χ4v) is 3.50. The lowest BCUT2D eigenvalue weighted by Gasteiger charge is -2.22. The first-order valence-corrected chi connectivity index (χ1v) is 8.31. The SMILES string of the molecule is Nc1cc(Cl)c(Cl)c2[nH]cc(-c3cnn(C4CCCCO4)c3)c12. The van der Waals surface area contributed by atoms with Crippen LogP contribution < -0.4 is 5.73 Å². The van der Waals surface area contributed by atoms with Crippen LogP contribution >= 0.6 is 23.2 Å². The highest BCUT2D eigenvalue weighted by molar-refractivity contribution is 6.45. The fraction of sp³-hybridized carbons (Fsp3) is 0.312. The summed E-state index contributed by atoms with van der Waals surface area (Å²) < 4.78 is 7.65. The minimum atomic E-state index is 0.0121. The van der Waals surface area contributed by atoms with Crippen LogP contribution in [0.5, 0.6) is 0 Å². The molecule has 120 valence electrons. The second kappa shape index (κ2) is 5.74. The molecule has 2 aromatic heterocycles. The third-order valence-corrected chi connectivity index (χ3v) is 5.03. The summed E-state index contributed by atoms with van der Waals surface area (Å²) in [4.78, 5) is 3.16. The first-order chi connectivity index (χ1) is 11.1. The Morgan fingerprint density at radius 2 is 2.22 bits per heavy atom. The van der Waals surface area contributed by atoms with Gasteiger partial charge in [-0.05, 0) is 25.3 Å². The summed E-state index contributed by atoms with van der Waals surface area (Å²) in [5, 5.41) is 6.23. The average molecular weight is 351 g/mol. The predicted octanol–water partition coefficient (Wildman–Crippen LogP) is 4.62. The number of hydrogen-bond donors (Lipinski definition) is 2. The fourth-order valence-electron chi connectivity index (χ4n) is 3.08. The van der Waals surface area contributed by atoms with Gasteiger partial charge in [-0.15, -0.1) is 0 Å². The van der Waals surface area contributed by atoms with Crippen molar-refractivity contribution in [2.45, 2.75) is 25.5 Å². The summed E-state index contributed by atoms with van der Waals surface area (Å²) in [5.41, 5.74) is 9.40. The molecular weight excluding hydrogens is 335 g/mol. The molecule has 1 fully saturated rings. The number of H-pyrrole nitrogens is 1. The molecule has 3 N–H and O–H groups in total. The topological polar surface area (TPSA) is 68.9 Å². The van der Waals surface area contributed by atoms with Gasteiger partial charge in [0.2, 0.25) is 0 Å². The number of aromatic nitrogens is 3. The summed E-state index contributed by atoms with van der Waals surface area (Å²) in [6, 6.07) is 1.68. The van der Waals surface area contributed by atoms with Gasteiger partial charge in [0, 0.05) is 41.2 Å². The number of rotatable bonds is 2. The highest BCUT2D eigenvalue weighted by Gasteiger charge is 2.19. The monoisotopic (exact) mass is 350 g/mol. The van der Waals surface area contributed by atoms with Crippen molar-refractivity contribution in [3.05, 3.63) is 34.7 Å². The van der Waals surface area contributed by atoms with Crippen LogP contribution in [0.15, 0.2) is 24.7 Å². The van der Waals surface area contributed by atoms with E-state index >= 15 is 0 Å². The van der Waals surface area contributed by atoms with Crippen LogP contribution in [0.3, 0.4) is 0 Å². The van der Waals surface area contributed by atoms with Crippen molar-refractivity contribution in [2.75, 3.05) is 12.3 Å². The molecule has 1 aliphatic rings. The van der Waals surface area contributed by atoms with E-state index in [-0.39, 0.29) is 6.23 Å². The van der Waals surface area contributed by atoms with E-state index in [9.17, 15) is 0 Å². The van der Waals surface area contributed by atoms with Crippen molar-refractivity contribution in [1.82, 2.24) is 14.8 Å². The second-order valence-corrected chi connectivity index (χ2v) is 6.53. The smallest absolute Gasteiger partial charge is 0.150 e. The van der Waals surface area contributed by atoms with E-state index in [2.05, 4.69) is 10.1 Å². The van der Waals surface area contributed by atoms with Gasteiger partial charge in [-0.1, -0.05) is 23.2 Å². The molecule has 5 nitrogen and oxygen atoms in total. The van der Waals surface area contributed by atoms with Crippen LogP contribution in [0.2, 0.25) is 10.0 Å². The Morgan fingerprint density at radius 1 is 1.35 bits per heavy atom. The quantitative estimate of drug-likeness (QED) is 0.662. The van der Waals surface area contributed by atoms with Crippen LogP contribution in [-0.4, -0.2) is 21.4 Å². The van der Waals surface area contributed by atoms with Crippen LogP contribution in [0.4, 0.5) is 5.69 Å². The Kier molecular flexibility index (Phi) is 3.71. The highest BCUT2D eigenvalue weighted by Crippen LogP contribution is 2.40. The maximum atomic E-state index is 6.27. The number of ether oxygens (including phenoxy) is 1. The van der Waals surface area contributed by atoms with Crippen molar-refractivity contribution < 1.29 is 4.74 Å². The van der Waals surface area contributed by atoms with Crippen molar-refractivity contribution in [2.24, 2.45) is 0 Å². The first kappa shape index (κ1) is 14.9. The summed E-state index contributed by atoms with van der Waals surface area (Å²) in [6.07, 6.45) is 8.96. The first-order valence-electron chi connectivity index (χ1n) is 7.56. The zero-order valence-corrected chi connectivity index (χ0v) is 13.9. The molecule has 0 aliphatic carbocycles. The van der Waals surface area contributed by atoms with Gasteiger partial charge >= 0.3 is 0 Å². The zero-order valence-electron chi connectivity index (χ0n) is 12.4. The maximum Gasteiger partial charge on any atom is 0.150 e. The van der Waals surface area contributed by atoms with Gasteiger partial charge in [0.15, 0.2) is 0 Å². The minimum Gasteiger partial charge on any atom is -0.398 e. The summed E-state index contributed by atoms with van der Waals surface area (Å²) in [5.74, 6) is 0. The molecule has 0 saturated carbocycles. The molecule has 3 aromatic rings. The molecule has 0 spiro atoms. The van der Waals surface area contributed by atoms with E-state index in [1.165, 1.54) is 0 Å². The molecule has 1 saturated heterocycles. The third-order valence-electron chi connectivity index (χ3n) is 4.24. The molecule has 4 rings (SSSR count). The van der Waals surface area contributed by atoms with E-state index in [4.69, 9.17) is 33.7 Å². The molecule has 1 aromatic carbocycles. The van der Waals surface area contributed by atoms with Crippen LogP contribution in [-0.2, 0) is 4.74 Å². The molecule has 1 aliphatic heterocycles. The number of nitrogens with one attached hydrogen (secondary N) is 1. The van der Waals surface area contributed by atoms with Gasteiger partial charge in [-0.2, -0.15) is 5.10 Å². The minimum absolute atomic E-state index is 0.0121. The van der Waals surface area contributed by atoms with Gasteiger partial charge in [0.1, 0.15) is 6.23 Å². The predicted molar refractivity (Wildman–Crippen MR) is 92.8 cm³/mol. The third kappa shape index (κ3) is 2.49. The number of nitrogen functional groups attached to an aromatic ring is 1. The molecule has 0 amide bonds. The molecule has 0 bridgehead atoms. The maximum absolute atomic E-state index is 6.27. The van der Waals surface area contributed by atoms with Crippen LogP contribution in [0.1, 0.15) is 25.5 Å². The molecule has 0 radical (unpaired) electrons. The number of benzene rings is 1. The number of anilines is 1. The lowest BCUT2D eigenvalue weighted by atomic mass is 10.1. The molecule has 3 heterocycles. The van der Waals surface area contributed by atoms with E-state index < -0.39 is 0 Å². The van der Waals surface area contributed by atoms with Gasteiger partial charge in [-0.3, -0.25) is 0 Å². The van der Waals surface area contributed by atoms with Crippen molar-refractivity contribution in [1.29, 1.82) is 0 Å². The van der Waals surface area contributed by atoms with Gasteiger partial charge in [0.25, 0.3) is 0 Å². The van der Waals surface area contributed by atoms with E-state index in [1.54, 1.807) is 6.07 Å². The standard InChI is InChI=1S/C16H16Cl2N4O/c17-11-5-12(19)14-10(7-20-16(14)15(11)18)9-6-21-22(8-9)13-3-1-2-4-23-13/h5-8,13,20H,1-4,19H2. The highest BCUT2D eigenvalue weighted by atomic mass is 35.5. The molecule has 1 unspecified atom stereocenters. The molecule has 23 heavy (non-hydrogen) atoms.